The maximum absolute atomic E-state index is 9.72. The van der Waals surface area contributed by atoms with Gasteiger partial charge in [0, 0.05) is 5.39 Å². The third kappa shape index (κ3) is 2.53. The van der Waals surface area contributed by atoms with Crippen molar-refractivity contribution >= 4 is 10.9 Å². The number of benzene rings is 1. The first-order valence-electron chi connectivity index (χ1n) is 6.69. The number of hydrogen-bond acceptors (Lipinski definition) is 4. The topological polar surface area (TPSA) is 63.8 Å². The molecule has 0 saturated carbocycles. The van der Waals surface area contributed by atoms with Gasteiger partial charge in [0.2, 0.25) is 0 Å². The Balaban J connectivity index is 1.83. The molecule has 0 radical (unpaired) electrons. The zero-order valence-electron chi connectivity index (χ0n) is 11.3. The molecule has 0 fully saturated rings. The van der Waals surface area contributed by atoms with Gasteiger partial charge >= 0.3 is 0 Å². The van der Waals surface area contributed by atoms with Gasteiger partial charge in [0.25, 0.3) is 0 Å². The summed E-state index contributed by atoms with van der Waals surface area (Å²) < 4.78 is 1.70. The van der Waals surface area contributed by atoms with Crippen molar-refractivity contribution in [3.05, 3.63) is 54.0 Å². The Morgan fingerprint density at radius 1 is 1.20 bits per heavy atom. The van der Waals surface area contributed by atoms with Crippen LogP contribution in [0.2, 0.25) is 0 Å². The molecule has 1 atom stereocenters. The fourth-order valence-electron chi connectivity index (χ4n) is 2.11. The van der Waals surface area contributed by atoms with E-state index in [0.717, 1.165) is 16.6 Å². The van der Waals surface area contributed by atoms with Crippen LogP contribution in [0.1, 0.15) is 30.8 Å². The second-order valence-corrected chi connectivity index (χ2v) is 4.76. The van der Waals surface area contributed by atoms with E-state index in [0.29, 0.717) is 18.7 Å². The molecule has 1 N–H and O–H groups in total. The summed E-state index contributed by atoms with van der Waals surface area (Å²) in [6, 6.07) is 12.0. The fourth-order valence-corrected chi connectivity index (χ4v) is 2.11. The molecule has 3 aromatic rings. The highest BCUT2D eigenvalue weighted by Gasteiger charge is 2.10. The van der Waals surface area contributed by atoms with Gasteiger partial charge in [0.15, 0.2) is 0 Å². The molecule has 0 saturated heterocycles. The minimum absolute atomic E-state index is 0.548. The number of para-hydroxylation sites is 1. The van der Waals surface area contributed by atoms with E-state index in [9.17, 15) is 5.11 Å². The van der Waals surface area contributed by atoms with Crippen LogP contribution in [0.3, 0.4) is 0 Å². The smallest absolute Gasteiger partial charge is 0.111 e. The maximum Gasteiger partial charge on any atom is 0.111 e. The minimum Gasteiger partial charge on any atom is -0.387 e. The van der Waals surface area contributed by atoms with Crippen LogP contribution in [0.4, 0.5) is 0 Å². The molecule has 20 heavy (non-hydrogen) atoms. The van der Waals surface area contributed by atoms with Crippen molar-refractivity contribution in [3.8, 4) is 0 Å². The van der Waals surface area contributed by atoms with E-state index in [4.69, 9.17) is 0 Å². The highest BCUT2D eigenvalue weighted by atomic mass is 16.3. The highest BCUT2D eigenvalue weighted by Crippen LogP contribution is 2.14. The van der Waals surface area contributed by atoms with Crippen LogP contribution in [0.15, 0.2) is 42.6 Å². The Labute approximate surface area is 116 Å². The van der Waals surface area contributed by atoms with Crippen LogP contribution < -0.4 is 0 Å². The van der Waals surface area contributed by atoms with Gasteiger partial charge in [-0.1, -0.05) is 36.4 Å². The second kappa shape index (κ2) is 5.38. The van der Waals surface area contributed by atoms with Crippen molar-refractivity contribution < 1.29 is 5.11 Å². The second-order valence-electron chi connectivity index (χ2n) is 4.76. The first kappa shape index (κ1) is 12.7. The summed E-state index contributed by atoms with van der Waals surface area (Å²) in [5, 5.41) is 18.8. The third-order valence-corrected chi connectivity index (χ3v) is 3.26. The summed E-state index contributed by atoms with van der Waals surface area (Å²) in [6.07, 6.45) is 1.85. The predicted octanol–water partition coefficient (Wildman–Crippen LogP) is 2.32. The van der Waals surface area contributed by atoms with Crippen LogP contribution >= 0.6 is 0 Å². The predicted molar refractivity (Wildman–Crippen MR) is 76.1 cm³/mol. The molecule has 0 bridgehead atoms. The van der Waals surface area contributed by atoms with Gasteiger partial charge in [-0.3, -0.25) is 4.98 Å². The summed E-state index contributed by atoms with van der Waals surface area (Å²) in [5.74, 6) is 0. The van der Waals surface area contributed by atoms with Crippen molar-refractivity contribution in [2.75, 3.05) is 0 Å². The minimum atomic E-state index is -0.548. The zero-order chi connectivity index (χ0) is 13.9. The van der Waals surface area contributed by atoms with Crippen molar-refractivity contribution in [1.82, 2.24) is 20.0 Å². The molecule has 0 aliphatic heterocycles. The van der Waals surface area contributed by atoms with E-state index in [1.807, 2.05) is 37.3 Å². The summed E-state index contributed by atoms with van der Waals surface area (Å²) in [7, 11) is 0. The SMILES string of the molecule is CCC(O)c1cn(Cc2ccc3ccccc3n2)nn1. The van der Waals surface area contributed by atoms with E-state index in [1.165, 1.54) is 0 Å². The summed E-state index contributed by atoms with van der Waals surface area (Å²) >= 11 is 0. The maximum atomic E-state index is 9.72. The molecule has 0 aliphatic carbocycles. The monoisotopic (exact) mass is 268 g/mol. The summed E-state index contributed by atoms with van der Waals surface area (Å²) in [4.78, 5) is 4.59. The summed E-state index contributed by atoms with van der Waals surface area (Å²) in [6.45, 7) is 2.46. The molecular weight excluding hydrogens is 252 g/mol. The Bertz CT molecular complexity index is 722. The van der Waals surface area contributed by atoms with Gasteiger partial charge in [-0.2, -0.15) is 0 Å². The van der Waals surface area contributed by atoms with E-state index in [-0.39, 0.29) is 0 Å². The lowest BCUT2D eigenvalue weighted by Gasteiger charge is -2.03. The number of aliphatic hydroxyl groups excluding tert-OH is 1. The molecule has 2 heterocycles. The molecule has 102 valence electrons. The van der Waals surface area contributed by atoms with E-state index < -0.39 is 6.10 Å². The van der Waals surface area contributed by atoms with Crippen LogP contribution in [0, 0.1) is 0 Å². The number of pyridine rings is 1. The van der Waals surface area contributed by atoms with Crippen molar-refractivity contribution in [3.63, 3.8) is 0 Å². The number of aliphatic hydroxyl groups is 1. The van der Waals surface area contributed by atoms with Gasteiger partial charge in [0.05, 0.1) is 30.1 Å². The number of rotatable bonds is 4. The molecule has 1 aromatic carbocycles. The van der Waals surface area contributed by atoms with Gasteiger partial charge in [-0.15, -0.1) is 5.10 Å². The van der Waals surface area contributed by atoms with Crippen LogP contribution in [0.25, 0.3) is 10.9 Å². The molecule has 5 nitrogen and oxygen atoms in total. The molecule has 0 amide bonds. The Morgan fingerprint density at radius 2 is 2.05 bits per heavy atom. The van der Waals surface area contributed by atoms with Crippen LogP contribution in [0.5, 0.6) is 0 Å². The Hall–Kier alpha value is -2.27. The number of nitrogens with zero attached hydrogens (tertiary/aromatic N) is 4. The van der Waals surface area contributed by atoms with Crippen LogP contribution in [-0.4, -0.2) is 25.1 Å². The first-order valence-corrected chi connectivity index (χ1v) is 6.69. The van der Waals surface area contributed by atoms with E-state index in [2.05, 4.69) is 21.4 Å². The third-order valence-electron chi connectivity index (χ3n) is 3.26. The van der Waals surface area contributed by atoms with E-state index >= 15 is 0 Å². The Kier molecular flexibility index (Phi) is 3.43. The van der Waals surface area contributed by atoms with Crippen molar-refractivity contribution in [1.29, 1.82) is 0 Å². The molecule has 0 aliphatic rings. The molecule has 0 spiro atoms. The quantitative estimate of drug-likeness (QED) is 0.788. The average Bonchev–Trinajstić information content (AvgIpc) is 2.95. The fraction of sp³-hybridized carbons (Fsp3) is 0.267. The molecule has 5 heteroatoms. The van der Waals surface area contributed by atoms with Gasteiger partial charge in [-0.25, -0.2) is 4.68 Å². The standard InChI is InChI=1S/C15H16N4O/c1-2-15(20)14-10-19(18-17-14)9-12-8-7-11-5-3-4-6-13(11)16-12/h3-8,10,15,20H,2,9H2,1H3. The van der Waals surface area contributed by atoms with Crippen molar-refractivity contribution in [2.24, 2.45) is 0 Å². The number of fused-ring (bicyclic) bond motifs is 1. The first-order chi connectivity index (χ1) is 9.76. The summed E-state index contributed by atoms with van der Waals surface area (Å²) in [5.41, 5.74) is 2.50. The molecule has 3 rings (SSSR count). The average molecular weight is 268 g/mol. The number of aromatic nitrogens is 4. The van der Waals surface area contributed by atoms with Gasteiger partial charge in [0.1, 0.15) is 5.69 Å². The molecular formula is C15H16N4O. The lowest BCUT2D eigenvalue weighted by molar-refractivity contribution is 0.168. The van der Waals surface area contributed by atoms with Crippen molar-refractivity contribution in [2.45, 2.75) is 26.0 Å². The molecule has 1 unspecified atom stereocenters. The Morgan fingerprint density at radius 3 is 2.90 bits per heavy atom. The van der Waals surface area contributed by atoms with E-state index in [1.54, 1.807) is 10.9 Å². The number of hydrogen-bond donors (Lipinski definition) is 1. The van der Waals surface area contributed by atoms with Crippen LogP contribution in [-0.2, 0) is 6.54 Å². The van der Waals surface area contributed by atoms with Gasteiger partial charge < -0.3 is 5.11 Å². The lowest BCUT2D eigenvalue weighted by Crippen LogP contribution is -2.02. The lowest BCUT2D eigenvalue weighted by atomic mass is 10.2. The van der Waals surface area contributed by atoms with Gasteiger partial charge in [-0.05, 0) is 18.6 Å². The normalized spacial score (nSPS) is 12.7. The molecule has 2 aromatic heterocycles. The largest absolute Gasteiger partial charge is 0.387 e. The zero-order valence-corrected chi connectivity index (χ0v) is 11.3. The highest BCUT2D eigenvalue weighted by molar-refractivity contribution is 5.78.